The molecule has 0 atom stereocenters. The number of aromatic carboxylic acids is 1. The smallest absolute Gasteiger partial charge is 0.335 e. The summed E-state index contributed by atoms with van der Waals surface area (Å²) in [5.41, 5.74) is 2.57. The van der Waals surface area contributed by atoms with Crippen molar-refractivity contribution in [1.82, 2.24) is 4.98 Å². The molecule has 0 aliphatic carbocycles. The quantitative estimate of drug-likeness (QED) is 0.755. The van der Waals surface area contributed by atoms with E-state index in [2.05, 4.69) is 10.3 Å². The minimum atomic E-state index is -0.954. The zero-order valence-corrected chi connectivity index (χ0v) is 11.6. The molecular formula is C16H11ClN2O2. The molecule has 1 heterocycles. The van der Waals surface area contributed by atoms with Gasteiger partial charge < -0.3 is 10.4 Å². The van der Waals surface area contributed by atoms with Crippen LogP contribution in [0.1, 0.15) is 10.4 Å². The Balaban J connectivity index is 2.02. The standard InChI is InChI=1S/C16H11ClN2O2/c17-11-4-5-13-14(6-7-18-15(13)9-11)19-12-3-1-2-10(8-12)16(20)21/h1-9H,(H,18,19)(H,20,21). The molecule has 3 aromatic rings. The van der Waals surface area contributed by atoms with Gasteiger partial charge in [0.1, 0.15) is 0 Å². The van der Waals surface area contributed by atoms with Gasteiger partial charge in [-0.3, -0.25) is 4.98 Å². The Hall–Kier alpha value is -2.59. The van der Waals surface area contributed by atoms with E-state index in [4.69, 9.17) is 16.7 Å². The van der Waals surface area contributed by atoms with Gasteiger partial charge in [-0.1, -0.05) is 17.7 Å². The van der Waals surface area contributed by atoms with Crippen molar-refractivity contribution in [2.45, 2.75) is 0 Å². The average Bonchev–Trinajstić information content (AvgIpc) is 2.47. The molecule has 0 aliphatic heterocycles. The van der Waals surface area contributed by atoms with Gasteiger partial charge in [-0.25, -0.2) is 4.79 Å². The first-order valence-corrected chi connectivity index (χ1v) is 6.66. The summed E-state index contributed by atoms with van der Waals surface area (Å²) in [6.07, 6.45) is 1.68. The Morgan fingerprint density at radius 2 is 2.00 bits per heavy atom. The third kappa shape index (κ3) is 2.80. The van der Waals surface area contributed by atoms with Gasteiger partial charge in [-0.05, 0) is 42.5 Å². The number of benzene rings is 2. The number of pyridine rings is 1. The molecule has 2 N–H and O–H groups in total. The van der Waals surface area contributed by atoms with Gasteiger partial charge >= 0.3 is 5.97 Å². The number of carbonyl (C=O) groups is 1. The highest BCUT2D eigenvalue weighted by molar-refractivity contribution is 6.31. The van der Waals surface area contributed by atoms with Gasteiger partial charge in [0.15, 0.2) is 0 Å². The number of aromatic nitrogens is 1. The lowest BCUT2D eigenvalue weighted by atomic mass is 10.1. The summed E-state index contributed by atoms with van der Waals surface area (Å²) in [5, 5.41) is 13.8. The van der Waals surface area contributed by atoms with Crippen molar-refractivity contribution >= 4 is 39.8 Å². The topological polar surface area (TPSA) is 62.2 Å². The molecule has 21 heavy (non-hydrogen) atoms. The molecule has 0 fully saturated rings. The molecule has 4 nitrogen and oxygen atoms in total. The first-order valence-electron chi connectivity index (χ1n) is 6.28. The highest BCUT2D eigenvalue weighted by atomic mass is 35.5. The molecule has 0 radical (unpaired) electrons. The molecule has 0 spiro atoms. The van der Waals surface area contributed by atoms with Crippen LogP contribution in [0.25, 0.3) is 10.9 Å². The molecule has 104 valence electrons. The highest BCUT2D eigenvalue weighted by Crippen LogP contribution is 2.27. The van der Waals surface area contributed by atoms with Crippen molar-refractivity contribution in [3.8, 4) is 0 Å². The van der Waals surface area contributed by atoms with Gasteiger partial charge in [0.2, 0.25) is 0 Å². The SMILES string of the molecule is O=C(O)c1cccc(Nc2ccnc3cc(Cl)ccc23)c1. The maximum Gasteiger partial charge on any atom is 0.335 e. The zero-order chi connectivity index (χ0) is 14.8. The molecule has 1 aromatic heterocycles. The van der Waals surface area contributed by atoms with Crippen molar-refractivity contribution in [1.29, 1.82) is 0 Å². The van der Waals surface area contributed by atoms with E-state index in [1.54, 1.807) is 36.5 Å². The van der Waals surface area contributed by atoms with Crippen LogP contribution in [-0.2, 0) is 0 Å². The van der Waals surface area contributed by atoms with Crippen LogP contribution < -0.4 is 5.32 Å². The van der Waals surface area contributed by atoms with Crippen LogP contribution in [0.2, 0.25) is 5.02 Å². The van der Waals surface area contributed by atoms with Crippen molar-refractivity contribution in [2.75, 3.05) is 5.32 Å². The van der Waals surface area contributed by atoms with Crippen molar-refractivity contribution in [3.05, 3.63) is 65.3 Å². The lowest BCUT2D eigenvalue weighted by Crippen LogP contribution is -1.98. The van der Waals surface area contributed by atoms with Gasteiger partial charge in [0.25, 0.3) is 0 Å². The summed E-state index contributed by atoms with van der Waals surface area (Å²) in [6, 6.07) is 14.0. The number of halogens is 1. The summed E-state index contributed by atoms with van der Waals surface area (Å²) in [5.74, 6) is -0.954. The third-order valence-corrected chi connectivity index (χ3v) is 3.33. The lowest BCUT2D eigenvalue weighted by Gasteiger charge is -2.10. The normalized spacial score (nSPS) is 10.5. The van der Waals surface area contributed by atoms with E-state index >= 15 is 0 Å². The van der Waals surface area contributed by atoms with Crippen molar-refractivity contribution in [2.24, 2.45) is 0 Å². The summed E-state index contributed by atoms with van der Waals surface area (Å²) >= 11 is 5.96. The van der Waals surface area contributed by atoms with E-state index in [1.807, 2.05) is 18.2 Å². The monoisotopic (exact) mass is 298 g/mol. The number of anilines is 2. The number of hydrogen-bond acceptors (Lipinski definition) is 3. The molecule has 3 rings (SSSR count). The molecule has 0 bridgehead atoms. The number of nitrogens with zero attached hydrogens (tertiary/aromatic N) is 1. The number of carboxylic acids is 1. The van der Waals surface area contributed by atoms with Crippen LogP contribution in [-0.4, -0.2) is 16.1 Å². The maximum absolute atomic E-state index is 11.0. The van der Waals surface area contributed by atoms with Crippen molar-refractivity contribution < 1.29 is 9.90 Å². The Kier molecular flexibility index (Phi) is 3.46. The van der Waals surface area contributed by atoms with E-state index in [0.717, 1.165) is 16.6 Å². The second kappa shape index (κ2) is 5.42. The van der Waals surface area contributed by atoms with E-state index < -0.39 is 5.97 Å². The molecule has 0 amide bonds. The number of rotatable bonds is 3. The van der Waals surface area contributed by atoms with Crippen molar-refractivity contribution in [3.63, 3.8) is 0 Å². The fourth-order valence-electron chi connectivity index (χ4n) is 2.12. The Morgan fingerprint density at radius 3 is 2.81 bits per heavy atom. The Bertz CT molecular complexity index is 833. The lowest BCUT2D eigenvalue weighted by molar-refractivity contribution is 0.0697. The van der Waals surface area contributed by atoms with Gasteiger partial charge in [-0.2, -0.15) is 0 Å². The predicted octanol–water partition coefficient (Wildman–Crippen LogP) is 4.33. The van der Waals surface area contributed by atoms with Crippen LogP contribution in [0.15, 0.2) is 54.7 Å². The molecule has 0 aliphatic rings. The summed E-state index contributed by atoms with van der Waals surface area (Å²) < 4.78 is 0. The van der Waals surface area contributed by atoms with Crippen LogP contribution in [0, 0.1) is 0 Å². The van der Waals surface area contributed by atoms with Crippen LogP contribution in [0.3, 0.4) is 0 Å². The molecular weight excluding hydrogens is 288 g/mol. The maximum atomic E-state index is 11.0. The van der Waals surface area contributed by atoms with E-state index in [0.29, 0.717) is 10.7 Å². The second-order valence-corrected chi connectivity index (χ2v) is 4.97. The van der Waals surface area contributed by atoms with Gasteiger partial charge in [0, 0.05) is 28.0 Å². The minimum absolute atomic E-state index is 0.237. The number of hydrogen-bond donors (Lipinski definition) is 2. The van der Waals surface area contributed by atoms with Gasteiger partial charge in [-0.15, -0.1) is 0 Å². The number of carboxylic acid groups (broad SMARTS) is 1. The third-order valence-electron chi connectivity index (χ3n) is 3.09. The van der Waals surface area contributed by atoms with Crippen LogP contribution in [0.4, 0.5) is 11.4 Å². The fraction of sp³-hybridized carbons (Fsp3) is 0. The molecule has 0 unspecified atom stereocenters. The first-order chi connectivity index (χ1) is 10.1. The van der Waals surface area contributed by atoms with Crippen LogP contribution >= 0.6 is 11.6 Å². The van der Waals surface area contributed by atoms with Crippen LogP contribution in [0.5, 0.6) is 0 Å². The van der Waals surface area contributed by atoms with Gasteiger partial charge in [0.05, 0.1) is 11.1 Å². The Labute approximate surface area is 126 Å². The predicted molar refractivity (Wildman–Crippen MR) is 83.4 cm³/mol. The fourth-order valence-corrected chi connectivity index (χ4v) is 2.28. The molecule has 0 saturated heterocycles. The summed E-state index contributed by atoms with van der Waals surface area (Å²) in [4.78, 5) is 15.3. The van der Waals surface area contributed by atoms with E-state index in [-0.39, 0.29) is 5.56 Å². The summed E-state index contributed by atoms with van der Waals surface area (Å²) in [7, 11) is 0. The minimum Gasteiger partial charge on any atom is -0.478 e. The molecule has 2 aromatic carbocycles. The second-order valence-electron chi connectivity index (χ2n) is 4.53. The summed E-state index contributed by atoms with van der Waals surface area (Å²) in [6.45, 7) is 0. The number of nitrogens with one attached hydrogen (secondary N) is 1. The molecule has 5 heteroatoms. The first kappa shape index (κ1) is 13.4. The average molecular weight is 299 g/mol. The highest BCUT2D eigenvalue weighted by Gasteiger charge is 2.06. The zero-order valence-electron chi connectivity index (χ0n) is 10.9. The largest absolute Gasteiger partial charge is 0.478 e. The number of fused-ring (bicyclic) bond motifs is 1. The van der Waals surface area contributed by atoms with E-state index in [1.165, 1.54) is 0 Å². The van der Waals surface area contributed by atoms with E-state index in [9.17, 15) is 4.79 Å². The Morgan fingerprint density at radius 1 is 1.14 bits per heavy atom. The molecule has 0 saturated carbocycles.